The minimum atomic E-state index is -1.11. The van der Waals surface area contributed by atoms with Crippen molar-refractivity contribution in [2.45, 2.75) is 25.9 Å². The predicted molar refractivity (Wildman–Crippen MR) is 77.2 cm³/mol. The molecule has 118 valence electrons. The van der Waals surface area contributed by atoms with Gasteiger partial charge in [-0.1, -0.05) is 0 Å². The van der Waals surface area contributed by atoms with E-state index in [2.05, 4.69) is 15.3 Å². The summed E-state index contributed by atoms with van der Waals surface area (Å²) < 4.78 is 5.39. The Morgan fingerprint density at radius 2 is 2.27 bits per heavy atom. The van der Waals surface area contributed by atoms with Crippen molar-refractivity contribution in [1.29, 1.82) is 0 Å². The van der Waals surface area contributed by atoms with Crippen LogP contribution >= 0.6 is 0 Å². The molecule has 0 bridgehead atoms. The second kappa shape index (κ2) is 6.79. The topological polar surface area (TPSA) is 111 Å². The van der Waals surface area contributed by atoms with E-state index in [0.29, 0.717) is 11.5 Å². The van der Waals surface area contributed by atoms with Crippen molar-refractivity contribution in [3.63, 3.8) is 0 Å². The highest BCUT2D eigenvalue weighted by molar-refractivity contribution is 5.82. The lowest BCUT2D eigenvalue weighted by atomic mass is 10.1. The molecule has 0 aliphatic heterocycles. The standard InChI is InChI=1S/C14H18N4O4/c1-9-3-4-11(22-9)7-18(2)14(21)17-12(13(19)20)5-10-6-15-8-16-10/h3-4,6,8,12H,5,7H2,1-2H3,(H,15,16)(H,17,21)(H,19,20)/t12-/m0/s1. The fourth-order valence-electron chi connectivity index (χ4n) is 1.95. The van der Waals surface area contributed by atoms with Gasteiger partial charge in [-0.2, -0.15) is 0 Å². The summed E-state index contributed by atoms with van der Waals surface area (Å²) >= 11 is 0. The minimum Gasteiger partial charge on any atom is -0.480 e. The molecule has 2 heterocycles. The first-order valence-corrected chi connectivity index (χ1v) is 6.72. The Bertz CT molecular complexity index is 635. The number of carboxylic acid groups (broad SMARTS) is 1. The number of carbonyl (C=O) groups is 2. The van der Waals surface area contributed by atoms with Gasteiger partial charge in [-0.15, -0.1) is 0 Å². The van der Waals surface area contributed by atoms with Crippen LogP contribution in [0.15, 0.2) is 29.1 Å². The Morgan fingerprint density at radius 3 is 2.82 bits per heavy atom. The summed E-state index contributed by atoms with van der Waals surface area (Å²) in [5.41, 5.74) is 0.636. The zero-order valence-electron chi connectivity index (χ0n) is 12.4. The van der Waals surface area contributed by atoms with E-state index in [0.717, 1.165) is 5.76 Å². The Morgan fingerprint density at radius 1 is 1.50 bits per heavy atom. The van der Waals surface area contributed by atoms with Crippen molar-refractivity contribution in [2.24, 2.45) is 0 Å². The number of amides is 2. The van der Waals surface area contributed by atoms with Crippen LogP contribution in [0.2, 0.25) is 0 Å². The number of H-pyrrole nitrogens is 1. The number of aromatic nitrogens is 2. The molecule has 0 saturated carbocycles. The lowest BCUT2D eigenvalue weighted by Gasteiger charge is -2.20. The zero-order valence-corrected chi connectivity index (χ0v) is 12.4. The van der Waals surface area contributed by atoms with Crippen LogP contribution in [0.4, 0.5) is 4.79 Å². The van der Waals surface area contributed by atoms with Gasteiger partial charge in [0.25, 0.3) is 0 Å². The summed E-state index contributed by atoms with van der Waals surface area (Å²) in [5.74, 6) is 0.284. The third-order valence-electron chi connectivity index (χ3n) is 3.11. The van der Waals surface area contributed by atoms with Crippen LogP contribution in [0, 0.1) is 6.92 Å². The van der Waals surface area contributed by atoms with E-state index >= 15 is 0 Å². The molecular formula is C14H18N4O4. The summed E-state index contributed by atoms with van der Waals surface area (Å²) in [7, 11) is 1.57. The first-order chi connectivity index (χ1) is 10.5. The van der Waals surface area contributed by atoms with Gasteiger partial charge >= 0.3 is 12.0 Å². The molecule has 2 amide bonds. The van der Waals surface area contributed by atoms with Gasteiger partial charge in [0.2, 0.25) is 0 Å². The number of aliphatic carboxylic acids is 1. The number of nitrogens with zero attached hydrogens (tertiary/aromatic N) is 2. The van der Waals surface area contributed by atoms with Gasteiger partial charge in [0.15, 0.2) is 0 Å². The van der Waals surface area contributed by atoms with Crippen LogP contribution in [0.25, 0.3) is 0 Å². The van der Waals surface area contributed by atoms with Gasteiger partial charge in [0.1, 0.15) is 17.6 Å². The molecule has 0 fully saturated rings. The van der Waals surface area contributed by atoms with Crippen molar-refractivity contribution < 1.29 is 19.1 Å². The quantitative estimate of drug-likeness (QED) is 0.741. The maximum atomic E-state index is 12.1. The number of urea groups is 1. The lowest BCUT2D eigenvalue weighted by molar-refractivity contribution is -0.139. The van der Waals surface area contributed by atoms with Gasteiger partial charge in [0, 0.05) is 25.4 Å². The van der Waals surface area contributed by atoms with Crippen molar-refractivity contribution >= 4 is 12.0 Å². The van der Waals surface area contributed by atoms with Gasteiger partial charge < -0.3 is 24.7 Å². The highest BCUT2D eigenvalue weighted by atomic mass is 16.4. The molecule has 8 nitrogen and oxygen atoms in total. The number of hydrogen-bond acceptors (Lipinski definition) is 4. The van der Waals surface area contributed by atoms with Crippen LogP contribution < -0.4 is 5.32 Å². The second-order valence-corrected chi connectivity index (χ2v) is 4.99. The van der Waals surface area contributed by atoms with Crippen LogP contribution in [0.5, 0.6) is 0 Å². The first kappa shape index (κ1) is 15.6. The summed E-state index contributed by atoms with van der Waals surface area (Å²) in [6, 6.07) is 2.06. The molecule has 0 spiro atoms. The van der Waals surface area contributed by atoms with Crippen molar-refractivity contribution in [1.82, 2.24) is 20.2 Å². The van der Waals surface area contributed by atoms with E-state index in [1.54, 1.807) is 19.2 Å². The fraction of sp³-hybridized carbons (Fsp3) is 0.357. The highest BCUT2D eigenvalue weighted by Gasteiger charge is 2.23. The number of imidazole rings is 1. The Labute approximate surface area is 127 Å². The number of aromatic amines is 1. The number of nitrogens with one attached hydrogen (secondary N) is 2. The van der Waals surface area contributed by atoms with Crippen molar-refractivity contribution in [3.8, 4) is 0 Å². The molecule has 0 aliphatic carbocycles. The van der Waals surface area contributed by atoms with E-state index < -0.39 is 18.0 Å². The Balaban J connectivity index is 1.93. The Hall–Kier alpha value is -2.77. The molecule has 0 saturated heterocycles. The van der Waals surface area contributed by atoms with E-state index in [1.807, 2.05) is 6.92 Å². The Kier molecular flexibility index (Phi) is 4.82. The number of hydrogen-bond donors (Lipinski definition) is 3. The lowest BCUT2D eigenvalue weighted by Crippen LogP contribution is -2.47. The molecule has 3 N–H and O–H groups in total. The molecule has 8 heteroatoms. The molecule has 2 rings (SSSR count). The molecule has 0 unspecified atom stereocenters. The van der Waals surface area contributed by atoms with Gasteiger partial charge in [-0.05, 0) is 19.1 Å². The third kappa shape index (κ3) is 4.11. The minimum absolute atomic E-state index is 0.134. The van der Waals surface area contributed by atoms with Gasteiger partial charge in [0.05, 0.1) is 12.9 Å². The molecular weight excluding hydrogens is 288 g/mol. The molecule has 0 aliphatic rings. The smallest absolute Gasteiger partial charge is 0.326 e. The van der Waals surface area contributed by atoms with Crippen LogP contribution in [0.3, 0.4) is 0 Å². The normalized spacial score (nSPS) is 11.9. The maximum absolute atomic E-state index is 12.1. The molecule has 0 radical (unpaired) electrons. The van der Waals surface area contributed by atoms with E-state index in [-0.39, 0.29) is 13.0 Å². The average molecular weight is 306 g/mol. The molecule has 0 aromatic carbocycles. The van der Waals surface area contributed by atoms with E-state index in [4.69, 9.17) is 4.42 Å². The number of rotatable bonds is 6. The maximum Gasteiger partial charge on any atom is 0.326 e. The predicted octanol–water partition coefficient (Wildman–Crippen LogP) is 1.15. The highest BCUT2D eigenvalue weighted by Crippen LogP contribution is 2.09. The molecule has 22 heavy (non-hydrogen) atoms. The van der Waals surface area contributed by atoms with Crippen molar-refractivity contribution in [2.75, 3.05) is 7.05 Å². The van der Waals surface area contributed by atoms with Crippen LogP contribution in [-0.4, -0.2) is 45.1 Å². The van der Waals surface area contributed by atoms with E-state index in [9.17, 15) is 14.7 Å². The largest absolute Gasteiger partial charge is 0.480 e. The first-order valence-electron chi connectivity index (χ1n) is 6.72. The fourth-order valence-corrected chi connectivity index (χ4v) is 1.95. The molecule has 2 aromatic heterocycles. The molecule has 1 atom stereocenters. The second-order valence-electron chi connectivity index (χ2n) is 4.99. The number of furan rings is 1. The summed E-state index contributed by atoms with van der Waals surface area (Å²) in [6.45, 7) is 2.07. The summed E-state index contributed by atoms with van der Waals surface area (Å²) in [6.07, 6.45) is 3.12. The third-order valence-corrected chi connectivity index (χ3v) is 3.11. The van der Waals surface area contributed by atoms with Crippen LogP contribution in [0.1, 0.15) is 17.2 Å². The average Bonchev–Trinajstić information content (AvgIpc) is 3.09. The van der Waals surface area contributed by atoms with Crippen molar-refractivity contribution in [3.05, 3.63) is 41.9 Å². The van der Waals surface area contributed by atoms with Crippen LogP contribution in [-0.2, 0) is 17.8 Å². The SMILES string of the molecule is Cc1ccc(CN(C)C(=O)N[C@@H](Cc2cnc[nH]2)C(=O)O)o1. The zero-order chi connectivity index (χ0) is 16.1. The number of aryl methyl sites for hydroxylation is 1. The van der Waals surface area contributed by atoms with Gasteiger partial charge in [-0.25, -0.2) is 14.6 Å². The number of carboxylic acids is 1. The summed E-state index contributed by atoms with van der Waals surface area (Å²) in [5, 5.41) is 11.7. The molecule has 2 aromatic rings. The summed E-state index contributed by atoms with van der Waals surface area (Å²) in [4.78, 5) is 31.3. The monoisotopic (exact) mass is 306 g/mol. The number of carbonyl (C=O) groups excluding carboxylic acids is 1. The van der Waals surface area contributed by atoms with Gasteiger partial charge in [-0.3, -0.25) is 0 Å². The van der Waals surface area contributed by atoms with E-state index in [1.165, 1.54) is 17.4 Å².